The molecule has 2 aromatic carbocycles. The first kappa shape index (κ1) is 16.9. The molecule has 4 nitrogen and oxygen atoms in total. The second kappa shape index (κ2) is 8.24. The monoisotopic (exact) mass is 331 g/mol. The molecule has 0 fully saturated rings. The summed E-state index contributed by atoms with van der Waals surface area (Å²) in [7, 11) is 1.63. The maximum absolute atomic E-state index is 12.9. The van der Waals surface area contributed by atoms with Gasteiger partial charge in [0.25, 0.3) is 0 Å². The van der Waals surface area contributed by atoms with E-state index < -0.39 is 0 Å². The molecule has 0 bridgehead atoms. The minimum Gasteiger partial charge on any atom is -0.497 e. The van der Waals surface area contributed by atoms with Gasteiger partial charge in [0.1, 0.15) is 11.6 Å². The van der Waals surface area contributed by atoms with Crippen LogP contribution in [-0.2, 0) is 0 Å². The van der Waals surface area contributed by atoms with Gasteiger partial charge in [-0.25, -0.2) is 4.39 Å². The van der Waals surface area contributed by atoms with E-state index in [4.69, 9.17) is 17.0 Å². The molecule has 0 radical (unpaired) electrons. The van der Waals surface area contributed by atoms with Gasteiger partial charge < -0.3 is 10.1 Å². The van der Waals surface area contributed by atoms with Gasteiger partial charge in [0.2, 0.25) is 0 Å². The van der Waals surface area contributed by atoms with Crippen LogP contribution in [0, 0.1) is 5.82 Å². The second-order valence-corrected chi connectivity index (χ2v) is 5.12. The Hall–Kier alpha value is -2.47. The van der Waals surface area contributed by atoms with Crippen molar-refractivity contribution < 1.29 is 9.13 Å². The molecule has 0 spiro atoms. The molecule has 0 aliphatic carbocycles. The standard InChI is InChI=1S/C17H18FN3OS/c1-3-16(12-4-10-15(22-2)11-5-12)20-21-17(23)19-14-8-6-13(18)7-9-14/h4-11H,3H2,1-2H3,(H2,19,21,23)/b20-16-. The largest absolute Gasteiger partial charge is 0.497 e. The van der Waals surface area contributed by atoms with E-state index in [9.17, 15) is 4.39 Å². The van der Waals surface area contributed by atoms with E-state index >= 15 is 0 Å². The zero-order valence-electron chi connectivity index (χ0n) is 13.0. The molecule has 2 N–H and O–H groups in total. The molecule has 0 saturated heterocycles. The van der Waals surface area contributed by atoms with Crippen LogP contribution in [0.4, 0.5) is 10.1 Å². The number of nitrogens with zero attached hydrogens (tertiary/aromatic N) is 1. The Balaban J connectivity index is 2.00. The van der Waals surface area contributed by atoms with Gasteiger partial charge in [-0.05, 0) is 72.7 Å². The van der Waals surface area contributed by atoms with Crippen LogP contribution >= 0.6 is 12.2 Å². The number of halogens is 1. The SMILES string of the molecule is CC/C(=N/NC(=S)Nc1ccc(F)cc1)c1ccc(OC)cc1. The van der Waals surface area contributed by atoms with Crippen LogP contribution in [0.2, 0.25) is 0 Å². The Morgan fingerprint density at radius 3 is 2.35 bits per heavy atom. The summed E-state index contributed by atoms with van der Waals surface area (Å²) in [5.74, 6) is 0.505. The average molecular weight is 331 g/mol. The number of hydrogen-bond acceptors (Lipinski definition) is 3. The van der Waals surface area contributed by atoms with Crippen molar-refractivity contribution in [2.75, 3.05) is 12.4 Å². The van der Waals surface area contributed by atoms with Crippen LogP contribution in [-0.4, -0.2) is 17.9 Å². The molecular weight excluding hydrogens is 313 g/mol. The highest BCUT2D eigenvalue weighted by Crippen LogP contribution is 2.13. The van der Waals surface area contributed by atoms with E-state index in [0.29, 0.717) is 10.8 Å². The van der Waals surface area contributed by atoms with E-state index in [0.717, 1.165) is 23.4 Å². The number of rotatable bonds is 5. The lowest BCUT2D eigenvalue weighted by molar-refractivity contribution is 0.415. The first-order valence-corrected chi connectivity index (χ1v) is 7.56. The molecule has 6 heteroatoms. The molecule has 0 saturated carbocycles. The minimum atomic E-state index is -0.291. The summed E-state index contributed by atoms with van der Waals surface area (Å²) in [6, 6.07) is 13.6. The third kappa shape index (κ3) is 5.03. The van der Waals surface area contributed by atoms with Crippen LogP contribution in [0.5, 0.6) is 5.75 Å². The zero-order valence-corrected chi connectivity index (χ0v) is 13.8. The van der Waals surface area contributed by atoms with Crippen molar-refractivity contribution >= 4 is 28.7 Å². The van der Waals surface area contributed by atoms with Crippen molar-refractivity contribution in [2.24, 2.45) is 5.10 Å². The summed E-state index contributed by atoms with van der Waals surface area (Å²) in [4.78, 5) is 0. The van der Waals surface area contributed by atoms with Gasteiger partial charge in [-0.1, -0.05) is 6.92 Å². The second-order valence-electron chi connectivity index (χ2n) is 4.71. The van der Waals surface area contributed by atoms with Crippen molar-refractivity contribution in [3.8, 4) is 5.75 Å². The number of nitrogens with one attached hydrogen (secondary N) is 2. The Labute approximate surface area is 140 Å². The lowest BCUT2D eigenvalue weighted by Gasteiger charge is -2.09. The summed E-state index contributed by atoms with van der Waals surface area (Å²) in [5, 5.41) is 7.62. The summed E-state index contributed by atoms with van der Waals surface area (Å²) in [5.41, 5.74) is 5.37. The smallest absolute Gasteiger partial charge is 0.191 e. The molecule has 0 aliphatic rings. The first-order chi connectivity index (χ1) is 11.1. The average Bonchev–Trinajstić information content (AvgIpc) is 2.58. The molecule has 120 valence electrons. The molecule has 0 aromatic heterocycles. The number of benzene rings is 2. The molecule has 23 heavy (non-hydrogen) atoms. The maximum atomic E-state index is 12.9. The van der Waals surface area contributed by atoms with Crippen molar-refractivity contribution in [2.45, 2.75) is 13.3 Å². The number of ether oxygens (including phenoxy) is 1. The number of hydrazone groups is 1. The first-order valence-electron chi connectivity index (χ1n) is 7.16. The highest BCUT2D eigenvalue weighted by atomic mass is 32.1. The van der Waals surface area contributed by atoms with Gasteiger partial charge in [-0.2, -0.15) is 5.10 Å². The number of hydrogen-bond donors (Lipinski definition) is 2. The van der Waals surface area contributed by atoms with Gasteiger partial charge in [0.05, 0.1) is 12.8 Å². The van der Waals surface area contributed by atoms with Gasteiger partial charge >= 0.3 is 0 Å². The summed E-state index contributed by atoms with van der Waals surface area (Å²) in [6.07, 6.45) is 0.749. The van der Waals surface area contributed by atoms with E-state index in [1.54, 1.807) is 19.2 Å². The number of methoxy groups -OCH3 is 1. The topological polar surface area (TPSA) is 45.7 Å². The van der Waals surface area contributed by atoms with Crippen molar-refractivity contribution in [1.29, 1.82) is 0 Å². The van der Waals surface area contributed by atoms with E-state index in [1.165, 1.54) is 12.1 Å². The highest BCUT2D eigenvalue weighted by molar-refractivity contribution is 7.80. The lowest BCUT2D eigenvalue weighted by Crippen LogP contribution is -2.25. The van der Waals surface area contributed by atoms with Crippen LogP contribution in [0.25, 0.3) is 0 Å². The minimum absolute atomic E-state index is 0.291. The molecule has 2 aromatic rings. The molecule has 0 heterocycles. The normalized spacial score (nSPS) is 11.0. The van der Waals surface area contributed by atoms with Crippen LogP contribution < -0.4 is 15.5 Å². The third-order valence-electron chi connectivity index (χ3n) is 3.15. The van der Waals surface area contributed by atoms with Gasteiger partial charge in [0.15, 0.2) is 5.11 Å². The Kier molecular flexibility index (Phi) is 6.05. The van der Waals surface area contributed by atoms with E-state index in [2.05, 4.69) is 15.8 Å². The Morgan fingerprint density at radius 2 is 1.78 bits per heavy atom. The Bertz CT molecular complexity index is 684. The predicted molar refractivity (Wildman–Crippen MR) is 95.6 cm³/mol. The Morgan fingerprint density at radius 1 is 1.13 bits per heavy atom. The molecule has 0 aliphatic heterocycles. The van der Waals surface area contributed by atoms with Crippen molar-refractivity contribution in [3.63, 3.8) is 0 Å². The van der Waals surface area contributed by atoms with Gasteiger partial charge in [-0.15, -0.1) is 0 Å². The fourth-order valence-corrected chi connectivity index (χ4v) is 2.11. The maximum Gasteiger partial charge on any atom is 0.191 e. The molecular formula is C17H18FN3OS. The molecule has 2 rings (SSSR count). The van der Waals surface area contributed by atoms with Gasteiger partial charge in [0, 0.05) is 5.69 Å². The fraction of sp³-hybridized carbons (Fsp3) is 0.176. The van der Waals surface area contributed by atoms with Crippen molar-refractivity contribution in [3.05, 3.63) is 59.9 Å². The summed E-state index contributed by atoms with van der Waals surface area (Å²) >= 11 is 5.18. The van der Waals surface area contributed by atoms with Crippen molar-refractivity contribution in [1.82, 2.24) is 5.43 Å². The zero-order chi connectivity index (χ0) is 16.7. The summed E-state index contributed by atoms with van der Waals surface area (Å²) < 4.78 is 18.0. The molecule has 0 atom stereocenters. The van der Waals surface area contributed by atoms with Crippen LogP contribution in [0.15, 0.2) is 53.6 Å². The lowest BCUT2D eigenvalue weighted by atomic mass is 10.1. The van der Waals surface area contributed by atoms with E-state index in [1.807, 2.05) is 31.2 Å². The summed E-state index contributed by atoms with van der Waals surface area (Å²) in [6.45, 7) is 2.02. The van der Waals surface area contributed by atoms with E-state index in [-0.39, 0.29) is 5.82 Å². The number of thiocarbonyl (C=S) groups is 1. The quantitative estimate of drug-likeness (QED) is 0.495. The number of anilines is 1. The fourth-order valence-electron chi connectivity index (χ4n) is 1.94. The van der Waals surface area contributed by atoms with Crippen LogP contribution in [0.1, 0.15) is 18.9 Å². The highest BCUT2D eigenvalue weighted by Gasteiger charge is 2.03. The third-order valence-corrected chi connectivity index (χ3v) is 3.35. The molecule has 0 amide bonds. The molecule has 0 unspecified atom stereocenters. The van der Waals surface area contributed by atoms with Crippen LogP contribution in [0.3, 0.4) is 0 Å². The predicted octanol–water partition coefficient (Wildman–Crippen LogP) is 3.94. The van der Waals surface area contributed by atoms with Gasteiger partial charge in [-0.3, -0.25) is 5.43 Å².